The van der Waals surface area contributed by atoms with Gasteiger partial charge in [0.25, 0.3) is 0 Å². The van der Waals surface area contributed by atoms with Gasteiger partial charge in [-0.1, -0.05) is 62.8 Å². The Kier molecular flexibility index (Phi) is 14.4. The van der Waals surface area contributed by atoms with Crippen LogP contribution in [0.3, 0.4) is 0 Å². The number of nitrogens with one attached hydrogen (secondary N) is 2. The molecule has 0 spiro atoms. The van der Waals surface area contributed by atoms with Gasteiger partial charge in [0.05, 0.1) is 13.0 Å². The largest absolute Gasteiger partial charge is 0.508 e. The van der Waals surface area contributed by atoms with Gasteiger partial charge in [-0.3, -0.25) is 14.4 Å². The molecule has 0 bridgehead atoms. The van der Waals surface area contributed by atoms with Crippen molar-refractivity contribution in [2.24, 2.45) is 0 Å². The minimum Gasteiger partial charge on any atom is -0.508 e. The van der Waals surface area contributed by atoms with E-state index < -0.39 is 41.6 Å². The minimum atomic E-state index is -1.09. The number of amides is 3. The number of aromatic hydroxyl groups is 1. The number of unbranched alkanes of at least 4 members (excludes halogenated alkanes) is 2. The summed E-state index contributed by atoms with van der Waals surface area (Å²) in [6.45, 7) is 13.3. The molecular formula is C34H47N3O7. The lowest BCUT2D eigenvalue weighted by Gasteiger charge is -2.35. The van der Waals surface area contributed by atoms with E-state index in [9.17, 15) is 24.3 Å². The molecule has 0 fully saturated rings. The highest BCUT2D eigenvalue weighted by Crippen LogP contribution is 2.26. The van der Waals surface area contributed by atoms with E-state index in [1.807, 2.05) is 13.0 Å². The molecule has 2 atom stereocenters. The second-order valence-electron chi connectivity index (χ2n) is 11.4. The number of hydrogen-bond donors (Lipinski definition) is 3. The van der Waals surface area contributed by atoms with Crippen molar-refractivity contribution in [1.82, 2.24) is 15.5 Å². The van der Waals surface area contributed by atoms with Crippen LogP contribution in [0.5, 0.6) is 5.75 Å². The van der Waals surface area contributed by atoms with Crippen molar-refractivity contribution in [3.8, 4) is 5.75 Å². The summed E-state index contributed by atoms with van der Waals surface area (Å²) in [6, 6.07) is 11.4. The highest BCUT2D eigenvalue weighted by Gasteiger charge is 2.36. The van der Waals surface area contributed by atoms with E-state index in [0.717, 1.165) is 18.4 Å². The zero-order valence-electron chi connectivity index (χ0n) is 26.6. The van der Waals surface area contributed by atoms with Gasteiger partial charge in [0.15, 0.2) is 0 Å². The quantitative estimate of drug-likeness (QED) is 0.174. The summed E-state index contributed by atoms with van der Waals surface area (Å²) in [5.41, 5.74) is 1.21. The predicted octanol–water partition coefficient (Wildman–Crippen LogP) is 5.30. The lowest BCUT2D eigenvalue weighted by Crippen LogP contribution is -2.54. The van der Waals surface area contributed by atoms with Crippen LogP contribution in [0.1, 0.15) is 83.0 Å². The van der Waals surface area contributed by atoms with Crippen molar-refractivity contribution in [1.29, 1.82) is 0 Å². The summed E-state index contributed by atoms with van der Waals surface area (Å²) in [4.78, 5) is 54.7. The van der Waals surface area contributed by atoms with Crippen LogP contribution in [-0.4, -0.2) is 65.2 Å². The number of esters is 1. The van der Waals surface area contributed by atoms with Crippen molar-refractivity contribution in [3.05, 3.63) is 71.8 Å². The first-order valence-electron chi connectivity index (χ1n) is 15.1. The van der Waals surface area contributed by atoms with Crippen LogP contribution in [0, 0.1) is 0 Å². The molecule has 2 rings (SSSR count). The monoisotopic (exact) mass is 609 g/mol. The van der Waals surface area contributed by atoms with Crippen molar-refractivity contribution < 1.29 is 33.8 Å². The summed E-state index contributed by atoms with van der Waals surface area (Å²) in [5.74, 6) is -1.32. The fraction of sp³-hybridized carbons (Fsp3) is 0.471. The summed E-state index contributed by atoms with van der Waals surface area (Å²) in [6.07, 6.45) is 3.27. The number of hydrogen-bond acceptors (Lipinski definition) is 7. The molecular weight excluding hydrogens is 562 g/mol. The molecule has 2 unspecified atom stereocenters. The zero-order chi connectivity index (χ0) is 32.7. The van der Waals surface area contributed by atoms with Gasteiger partial charge in [0.2, 0.25) is 11.8 Å². The molecule has 0 heterocycles. The van der Waals surface area contributed by atoms with Gasteiger partial charge >= 0.3 is 12.1 Å². The van der Waals surface area contributed by atoms with Crippen molar-refractivity contribution >= 4 is 30.0 Å². The van der Waals surface area contributed by atoms with Crippen LogP contribution in [0.4, 0.5) is 4.79 Å². The Morgan fingerprint density at radius 3 is 2.36 bits per heavy atom. The third kappa shape index (κ3) is 12.1. The maximum absolute atomic E-state index is 14.5. The molecule has 2 aromatic rings. The molecule has 0 aliphatic carbocycles. The van der Waals surface area contributed by atoms with Crippen LogP contribution < -0.4 is 10.6 Å². The number of phenols is 1. The molecule has 0 aromatic heterocycles. The predicted molar refractivity (Wildman–Crippen MR) is 170 cm³/mol. The maximum Gasteiger partial charge on any atom is 0.408 e. The third-order valence-corrected chi connectivity index (χ3v) is 6.61. The second-order valence-corrected chi connectivity index (χ2v) is 11.4. The Hall–Kier alpha value is -4.34. The van der Waals surface area contributed by atoms with E-state index in [-0.39, 0.29) is 38.3 Å². The Bertz CT molecular complexity index is 1250. The fourth-order valence-electron chi connectivity index (χ4n) is 4.56. The first kappa shape index (κ1) is 35.9. The number of ether oxygens (including phenoxy) is 2. The van der Waals surface area contributed by atoms with Crippen LogP contribution in [0.2, 0.25) is 0 Å². The highest BCUT2D eigenvalue weighted by atomic mass is 16.6. The SMILES string of the molecule is C=Cc1cccc(C(C(=O)NCCC(=O)OCC)N(CCCCC)C(=O)C(Cc2ccc(O)cc2)NC(=O)OC(C)(C)C)c1. The Labute approximate surface area is 260 Å². The van der Waals surface area contributed by atoms with Crippen LogP contribution >= 0.6 is 0 Å². The molecule has 0 aliphatic rings. The molecule has 10 heteroatoms. The topological polar surface area (TPSA) is 134 Å². The summed E-state index contributed by atoms with van der Waals surface area (Å²) >= 11 is 0. The standard InChI is InChI=1S/C34H47N3O7/c1-7-10-11-21-37(30(26-14-12-13-24(8-2)22-26)31(40)35-20-19-29(39)43-9-3)32(41)28(36-33(42)44-34(4,5)6)23-25-15-17-27(38)18-16-25/h8,12-18,22,28,30,38H,2,7,9-11,19-21,23H2,1,3-6H3,(H,35,40)(H,36,42). The summed E-state index contributed by atoms with van der Waals surface area (Å²) < 4.78 is 10.5. The van der Waals surface area contributed by atoms with Gasteiger partial charge in [-0.05, 0) is 69.0 Å². The normalized spacial score (nSPS) is 12.4. The van der Waals surface area contributed by atoms with Gasteiger partial charge in [-0.15, -0.1) is 0 Å². The van der Waals surface area contributed by atoms with Gasteiger partial charge in [0.1, 0.15) is 23.4 Å². The van der Waals surface area contributed by atoms with Crippen molar-refractivity contribution in [3.63, 3.8) is 0 Å². The lowest BCUT2D eigenvalue weighted by molar-refractivity contribution is -0.144. The van der Waals surface area contributed by atoms with E-state index in [1.54, 1.807) is 64.1 Å². The van der Waals surface area contributed by atoms with Crippen molar-refractivity contribution in [2.45, 2.75) is 84.4 Å². The zero-order valence-corrected chi connectivity index (χ0v) is 26.6. The number of rotatable bonds is 16. The first-order chi connectivity index (χ1) is 20.9. The van der Waals surface area contributed by atoms with E-state index in [1.165, 1.54) is 17.0 Å². The molecule has 3 N–H and O–H groups in total. The van der Waals surface area contributed by atoms with Crippen molar-refractivity contribution in [2.75, 3.05) is 19.7 Å². The van der Waals surface area contributed by atoms with E-state index in [0.29, 0.717) is 17.5 Å². The maximum atomic E-state index is 14.5. The number of nitrogens with zero attached hydrogens (tertiary/aromatic N) is 1. The van der Waals surface area contributed by atoms with Gasteiger partial charge < -0.3 is 30.1 Å². The second kappa shape index (κ2) is 17.7. The average Bonchev–Trinajstić information content (AvgIpc) is 2.96. The summed E-state index contributed by atoms with van der Waals surface area (Å²) in [7, 11) is 0. The Morgan fingerprint density at radius 1 is 1.05 bits per heavy atom. The molecule has 0 radical (unpaired) electrons. The Balaban J connectivity index is 2.55. The number of carbonyl (C=O) groups excluding carboxylic acids is 4. The van der Waals surface area contributed by atoms with Gasteiger partial charge in [-0.25, -0.2) is 4.79 Å². The van der Waals surface area contributed by atoms with E-state index in [2.05, 4.69) is 17.2 Å². The summed E-state index contributed by atoms with van der Waals surface area (Å²) in [5, 5.41) is 15.3. The lowest BCUT2D eigenvalue weighted by atomic mass is 9.98. The number of phenolic OH excluding ortho intramolecular Hbond substituents is 1. The number of carbonyl (C=O) groups is 4. The van der Waals surface area contributed by atoms with Gasteiger partial charge in [-0.2, -0.15) is 0 Å². The van der Waals surface area contributed by atoms with Crippen LogP contribution in [-0.2, 0) is 30.3 Å². The van der Waals surface area contributed by atoms with Crippen LogP contribution in [0.25, 0.3) is 6.08 Å². The molecule has 0 aliphatic heterocycles. The number of alkyl carbamates (subject to hydrolysis) is 1. The molecule has 2 aromatic carbocycles. The minimum absolute atomic E-state index is 0.0214. The van der Waals surface area contributed by atoms with Gasteiger partial charge in [0, 0.05) is 19.5 Å². The molecule has 10 nitrogen and oxygen atoms in total. The highest BCUT2D eigenvalue weighted by molar-refractivity contribution is 5.92. The first-order valence-corrected chi connectivity index (χ1v) is 15.1. The number of benzene rings is 2. The smallest absolute Gasteiger partial charge is 0.408 e. The average molecular weight is 610 g/mol. The molecule has 3 amide bonds. The molecule has 240 valence electrons. The Morgan fingerprint density at radius 2 is 1.75 bits per heavy atom. The van der Waals surface area contributed by atoms with Crippen LogP contribution in [0.15, 0.2) is 55.1 Å². The molecule has 0 saturated heterocycles. The van der Waals surface area contributed by atoms with E-state index in [4.69, 9.17) is 9.47 Å². The van der Waals surface area contributed by atoms with E-state index >= 15 is 0 Å². The molecule has 44 heavy (non-hydrogen) atoms. The molecule has 0 saturated carbocycles. The third-order valence-electron chi connectivity index (χ3n) is 6.61. The fourth-order valence-corrected chi connectivity index (χ4v) is 4.56.